The maximum Gasteiger partial charge on any atom is 0.347 e. The Morgan fingerprint density at radius 2 is 1.69 bits per heavy atom. The minimum Gasteiger partial charge on any atom is -0.479 e. The van der Waals surface area contributed by atoms with Gasteiger partial charge in [0, 0.05) is 6.61 Å². The van der Waals surface area contributed by atoms with E-state index in [9.17, 15) is 9.59 Å². The molecular weight excluding hydrogens is 216 g/mol. The molecule has 0 bridgehead atoms. The lowest BCUT2D eigenvalue weighted by molar-refractivity contribution is -0.228. The van der Waals surface area contributed by atoms with Crippen LogP contribution in [-0.2, 0) is 19.1 Å². The predicted molar refractivity (Wildman–Crippen MR) is 55.1 cm³/mol. The Labute approximate surface area is 94.2 Å². The third kappa shape index (κ3) is 3.18. The number of aliphatic carboxylic acids is 2. The number of carbonyl (C=O) groups is 2. The average Bonchev–Trinajstić information content (AvgIpc) is 2.23. The molecule has 16 heavy (non-hydrogen) atoms. The molecule has 0 saturated heterocycles. The maximum absolute atomic E-state index is 11.0. The molecule has 6 nitrogen and oxygen atoms in total. The lowest BCUT2D eigenvalue weighted by Gasteiger charge is -2.28. The second-order valence-corrected chi connectivity index (χ2v) is 3.20. The monoisotopic (exact) mass is 234 g/mol. The highest BCUT2D eigenvalue weighted by atomic mass is 16.7. The largest absolute Gasteiger partial charge is 0.479 e. The second kappa shape index (κ2) is 6.44. The quantitative estimate of drug-likeness (QED) is 0.482. The van der Waals surface area contributed by atoms with Crippen molar-refractivity contribution in [2.75, 3.05) is 6.61 Å². The van der Waals surface area contributed by atoms with Crippen molar-refractivity contribution in [3.8, 4) is 0 Å². The number of carboxylic acid groups (broad SMARTS) is 2. The van der Waals surface area contributed by atoms with E-state index in [0.29, 0.717) is 13.0 Å². The topological polar surface area (TPSA) is 93.1 Å². The summed E-state index contributed by atoms with van der Waals surface area (Å²) in [5, 5.41) is 17.9. The average molecular weight is 234 g/mol. The molecule has 0 rings (SSSR count). The van der Waals surface area contributed by atoms with Crippen molar-refractivity contribution in [2.24, 2.45) is 0 Å². The zero-order chi connectivity index (χ0) is 12.8. The Balaban J connectivity index is 4.90. The zero-order valence-electron chi connectivity index (χ0n) is 9.73. The van der Waals surface area contributed by atoms with Crippen LogP contribution in [0.3, 0.4) is 0 Å². The molecule has 2 N–H and O–H groups in total. The molecule has 0 aliphatic rings. The van der Waals surface area contributed by atoms with Gasteiger partial charge in [0.1, 0.15) is 0 Å². The molecule has 6 heteroatoms. The first-order valence-electron chi connectivity index (χ1n) is 5.20. The first kappa shape index (κ1) is 14.9. The van der Waals surface area contributed by atoms with Gasteiger partial charge in [-0.1, -0.05) is 13.8 Å². The van der Waals surface area contributed by atoms with Gasteiger partial charge in [0.2, 0.25) is 0 Å². The van der Waals surface area contributed by atoms with Gasteiger partial charge < -0.3 is 19.7 Å². The summed E-state index contributed by atoms with van der Waals surface area (Å²) in [6.45, 7) is 5.23. The highest BCUT2D eigenvalue weighted by Gasteiger charge is 2.48. The fraction of sp³-hybridized carbons (Fsp3) is 0.800. The molecule has 0 heterocycles. The van der Waals surface area contributed by atoms with E-state index >= 15 is 0 Å². The smallest absolute Gasteiger partial charge is 0.347 e. The molecule has 0 aliphatic carbocycles. The summed E-state index contributed by atoms with van der Waals surface area (Å²) in [5.41, 5.74) is -2.23. The van der Waals surface area contributed by atoms with Gasteiger partial charge in [-0.15, -0.1) is 0 Å². The molecule has 0 fully saturated rings. The predicted octanol–water partition coefficient (Wildman–Crippen LogP) is 1.09. The molecule has 94 valence electrons. The molecule has 0 spiro atoms. The lowest BCUT2D eigenvalue weighted by Crippen LogP contribution is -2.51. The van der Waals surface area contributed by atoms with E-state index in [0.717, 1.165) is 0 Å². The van der Waals surface area contributed by atoms with Crippen LogP contribution in [0, 0.1) is 0 Å². The number of hydrogen-bond acceptors (Lipinski definition) is 4. The van der Waals surface area contributed by atoms with Gasteiger partial charge in [-0.05, 0) is 19.8 Å². The zero-order valence-corrected chi connectivity index (χ0v) is 9.73. The molecule has 1 atom stereocenters. The van der Waals surface area contributed by atoms with Crippen LogP contribution >= 0.6 is 0 Å². The van der Waals surface area contributed by atoms with Crippen molar-refractivity contribution in [3.63, 3.8) is 0 Å². The number of carboxylic acids is 2. The Morgan fingerprint density at radius 3 is 1.94 bits per heavy atom. The molecular formula is C10H18O6. The van der Waals surface area contributed by atoms with Crippen molar-refractivity contribution in [3.05, 3.63) is 0 Å². The molecule has 0 saturated carbocycles. The Hall–Kier alpha value is -1.14. The third-order valence-electron chi connectivity index (χ3n) is 2.21. The van der Waals surface area contributed by atoms with Gasteiger partial charge in [0.15, 0.2) is 6.29 Å². The fourth-order valence-corrected chi connectivity index (χ4v) is 1.22. The van der Waals surface area contributed by atoms with Crippen molar-refractivity contribution >= 4 is 11.9 Å². The van der Waals surface area contributed by atoms with Crippen LogP contribution in [0.25, 0.3) is 0 Å². The third-order valence-corrected chi connectivity index (χ3v) is 2.21. The summed E-state index contributed by atoms with van der Waals surface area (Å²) < 4.78 is 10.2. The van der Waals surface area contributed by atoms with E-state index in [4.69, 9.17) is 19.7 Å². The van der Waals surface area contributed by atoms with Crippen LogP contribution in [0.5, 0.6) is 0 Å². The van der Waals surface area contributed by atoms with E-state index in [1.807, 2.05) is 0 Å². The highest BCUT2D eigenvalue weighted by Crippen LogP contribution is 2.21. The maximum atomic E-state index is 11.0. The summed E-state index contributed by atoms with van der Waals surface area (Å²) >= 11 is 0. The van der Waals surface area contributed by atoms with Crippen LogP contribution in [0.15, 0.2) is 0 Å². The second-order valence-electron chi connectivity index (χ2n) is 3.20. The Morgan fingerprint density at radius 1 is 1.19 bits per heavy atom. The summed E-state index contributed by atoms with van der Waals surface area (Å²) in [6.07, 6.45) is -0.602. The van der Waals surface area contributed by atoms with Gasteiger partial charge in [-0.2, -0.15) is 0 Å². The van der Waals surface area contributed by atoms with Crippen molar-refractivity contribution in [1.29, 1.82) is 0 Å². The van der Waals surface area contributed by atoms with Gasteiger partial charge in [0.05, 0.1) is 0 Å². The lowest BCUT2D eigenvalue weighted by atomic mass is 10.0. The molecule has 0 radical (unpaired) electrons. The van der Waals surface area contributed by atoms with Crippen LogP contribution in [0.4, 0.5) is 0 Å². The van der Waals surface area contributed by atoms with Crippen LogP contribution in [-0.4, -0.2) is 40.6 Å². The molecule has 0 aromatic heterocycles. The molecule has 0 aromatic rings. The van der Waals surface area contributed by atoms with Crippen LogP contribution in [0.1, 0.15) is 33.6 Å². The standard InChI is InChI=1S/C10H18O6/c1-4-7(15-6-3)16-10(5-2,8(11)12)9(13)14/h7H,4-6H2,1-3H3,(H,11,12)(H,13,14). The number of ether oxygens (including phenoxy) is 2. The van der Waals surface area contributed by atoms with E-state index < -0.39 is 23.8 Å². The molecule has 0 aliphatic heterocycles. The first-order valence-corrected chi connectivity index (χ1v) is 5.20. The van der Waals surface area contributed by atoms with E-state index in [2.05, 4.69) is 0 Å². The first-order chi connectivity index (χ1) is 7.44. The van der Waals surface area contributed by atoms with Gasteiger partial charge in [-0.25, -0.2) is 9.59 Å². The summed E-state index contributed by atoms with van der Waals surface area (Å²) in [6, 6.07) is 0. The summed E-state index contributed by atoms with van der Waals surface area (Å²) in [5.74, 6) is -3.03. The molecule has 0 aromatic carbocycles. The van der Waals surface area contributed by atoms with Gasteiger partial charge >= 0.3 is 11.9 Å². The van der Waals surface area contributed by atoms with Crippen molar-refractivity contribution in [1.82, 2.24) is 0 Å². The van der Waals surface area contributed by atoms with Crippen molar-refractivity contribution < 1.29 is 29.3 Å². The Kier molecular flexibility index (Phi) is 5.98. The summed E-state index contributed by atoms with van der Waals surface area (Å²) in [7, 11) is 0. The SMILES string of the molecule is CCOC(CC)OC(CC)(C(=O)O)C(=O)O. The molecule has 0 amide bonds. The number of hydrogen-bond donors (Lipinski definition) is 2. The highest BCUT2D eigenvalue weighted by molar-refractivity contribution is 6.01. The van der Waals surface area contributed by atoms with E-state index in [1.165, 1.54) is 6.92 Å². The van der Waals surface area contributed by atoms with Crippen LogP contribution in [0.2, 0.25) is 0 Å². The summed E-state index contributed by atoms with van der Waals surface area (Å²) in [4.78, 5) is 22.0. The van der Waals surface area contributed by atoms with Crippen LogP contribution < -0.4 is 0 Å². The minimum absolute atomic E-state index is 0.165. The Bertz CT molecular complexity index is 236. The molecule has 1 unspecified atom stereocenters. The minimum atomic E-state index is -2.23. The van der Waals surface area contributed by atoms with Gasteiger partial charge in [-0.3, -0.25) is 0 Å². The van der Waals surface area contributed by atoms with Crippen molar-refractivity contribution in [2.45, 2.75) is 45.5 Å². The number of rotatable bonds is 8. The van der Waals surface area contributed by atoms with Gasteiger partial charge in [0.25, 0.3) is 5.60 Å². The van der Waals surface area contributed by atoms with E-state index in [-0.39, 0.29) is 6.42 Å². The van der Waals surface area contributed by atoms with E-state index in [1.54, 1.807) is 13.8 Å². The fourth-order valence-electron chi connectivity index (χ4n) is 1.22. The normalized spacial score (nSPS) is 13.4.